The van der Waals surface area contributed by atoms with Crippen LogP contribution in [0.1, 0.15) is 18.4 Å². The highest BCUT2D eigenvalue weighted by molar-refractivity contribution is 14.0. The molecule has 0 aliphatic carbocycles. The van der Waals surface area contributed by atoms with Crippen LogP contribution >= 0.6 is 35.7 Å². The van der Waals surface area contributed by atoms with Crippen LogP contribution in [-0.4, -0.2) is 43.1 Å². The zero-order valence-corrected chi connectivity index (χ0v) is 18.2. The lowest BCUT2D eigenvalue weighted by Gasteiger charge is -2.15. The van der Waals surface area contributed by atoms with Crippen LogP contribution in [0.25, 0.3) is 0 Å². The molecular formula is C20H28IN3OS. The summed E-state index contributed by atoms with van der Waals surface area (Å²) in [5.74, 6) is 1.79. The molecule has 4 nitrogen and oxygen atoms in total. The molecule has 0 saturated heterocycles. The summed E-state index contributed by atoms with van der Waals surface area (Å²) in [5, 5.41) is 16.3. The molecule has 0 heterocycles. The van der Waals surface area contributed by atoms with Gasteiger partial charge in [-0.2, -0.15) is 0 Å². The van der Waals surface area contributed by atoms with Gasteiger partial charge in [-0.15, -0.1) is 35.7 Å². The van der Waals surface area contributed by atoms with Crippen molar-refractivity contribution in [2.75, 3.05) is 32.0 Å². The number of aliphatic hydroxyl groups is 1. The Morgan fingerprint density at radius 3 is 2.31 bits per heavy atom. The predicted octanol–water partition coefficient (Wildman–Crippen LogP) is 3.73. The minimum atomic E-state index is 0. The lowest BCUT2D eigenvalue weighted by Crippen LogP contribution is -2.38. The quantitative estimate of drug-likeness (QED) is 0.167. The Bertz CT molecular complexity index is 625. The van der Waals surface area contributed by atoms with Crippen molar-refractivity contribution in [1.82, 2.24) is 10.6 Å². The molecule has 142 valence electrons. The van der Waals surface area contributed by atoms with E-state index in [4.69, 9.17) is 0 Å². The third kappa shape index (κ3) is 8.42. The number of nitrogens with one attached hydrogen (secondary N) is 2. The molecule has 0 radical (unpaired) electrons. The fraction of sp³-hybridized carbons (Fsp3) is 0.350. The lowest BCUT2D eigenvalue weighted by atomic mass is 10.0. The molecule has 2 rings (SSSR count). The standard InChI is InChI=1S/C20H27N3OS.HI/c1-2-21-20(22-13-14-25-19-11-7-4-8-12-19)23-15-18(16-24)17-9-5-3-6-10-17;/h3-12,18,24H,2,13-16H2,1H3,(H2,21,22,23);1H. The minimum Gasteiger partial charge on any atom is -0.396 e. The van der Waals surface area contributed by atoms with Gasteiger partial charge < -0.3 is 15.7 Å². The second kappa shape index (κ2) is 13.9. The first-order chi connectivity index (χ1) is 12.3. The normalized spacial score (nSPS) is 12.2. The fourth-order valence-corrected chi connectivity index (χ4v) is 3.18. The van der Waals surface area contributed by atoms with Gasteiger partial charge in [-0.25, -0.2) is 0 Å². The summed E-state index contributed by atoms with van der Waals surface area (Å²) in [6.07, 6.45) is 0. The van der Waals surface area contributed by atoms with Gasteiger partial charge in [0.25, 0.3) is 0 Å². The zero-order chi connectivity index (χ0) is 17.7. The van der Waals surface area contributed by atoms with E-state index < -0.39 is 0 Å². The highest BCUT2D eigenvalue weighted by atomic mass is 127. The Labute approximate surface area is 177 Å². The van der Waals surface area contributed by atoms with Gasteiger partial charge in [0.05, 0.1) is 13.2 Å². The third-order valence-corrected chi connectivity index (χ3v) is 4.73. The number of aliphatic hydroxyl groups excluding tert-OH is 1. The van der Waals surface area contributed by atoms with Gasteiger partial charge in [-0.1, -0.05) is 48.5 Å². The highest BCUT2D eigenvalue weighted by Crippen LogP contribution is 2.16. The Morgan fingerprint density at radius 2 is 1.69 bits per heavy atom. The molecule has 0 amide bonds. The summed E-state index contributed by atoms with van der Waals surface area (Å²) in [6, 6.07) is 20.4. The van der Waals surface area contributed by atoms with Crippen LogP contribution in [0.5, 0.6) is 0 Å². The van der Waals surface area contributed by atoms with E-state index in [0.29, 0.717) is 6.54 Å². The van der Waals surface area contributed by atoms with E-state index >= 15 is 0 Å². The molecule has 0 saturated carbocycles. The molecule has 6 heteroatoms. The van der Waals surface area contributed by atoms with Crippen LogP contribution < -0.4 is 10.6 Å². The first-order valence-electron chi connectivity index (χ1n) is 8.69. The summed E-state index contributed by atoms with van der Waals surface area (Å²) < 4.78 is 0. The maximum absolute atomic E-state index is 9.65. The number of guanidine groups is 1. The van der Waals surface area contributed by atoms with Gasteiger partial charge in [0.1, 0.15) is 0 Å². The van der Waals surface area contributed by atoms with Crippen LogP contribution in [0.3, 0.4) is 0 Å². The SMILES string of the molecule is CCNC(=NCC(CO)c1ccccc1)NCCSc1ccccc1.I. The molecule has 26 heavy (non-hydrogen) atoms. The smallest absolute Gasteiger partial charge is 0.191 e. The van der Waals surface area contributed by atoms with Crippen LogP contribution in [0, 0.1) is 0 Å². The molecule has 0 fully saturated rings. The zero-order valence-electron chi connectivity index (χ0n) is 15.1. The predicted molar refractivity (Wildman–Crippen MR) is 123 cm³/mol. The van der Waals surface area contributed by atoms with E-state index in [1.54, 1.807) is 0 Å². The summed E-state index contributed by atoms with van der Waals surface area (Å²) in [5.41, 5.74) is 1.12. The van der Waals surface area contributed by atoms with Crippen molar-refractivity contribution in [3.63, 3.8) is 0 Å². The summed E-state index contributed by atoms with van der Waals surface area (Å²) >= 11 is 1.82. The maximum Gasteiger partial charge on any atom is 0.191 e. The molecule has 1 atom stereocenters. The van der Waals surface area contributed by atoms with Gasteiger partial charge in [-0.3, -0.25) is 4.99 Å². The van der Waals surface area contributed by atoms with Crippen molar-refractivity contribution in [2.24, 2.45) is 4.99 Å². The monoisotopic (exact) mass is 485 g/mol. The van der Waals surface area contributed by atoms with Crippen molar-refractivity contribution in [3.8, 4) is 0 Å². The molecule has 1 unspecified atom stereocenters. The Morgan fingerprint density at radius 1 is 1.04 bits per heavy atom. The number of hydrogen-bond acceptors (Lipinski definition) is 3. The Hall–Kier alpha value is -1.25. The summed E-state index contributed by atoms with van der Waals surface area (Å²) in [4.78, 5) is 5.90. The molecule has 2 aromatic carbocycles. The van der Waals surface area contributed by atoms with E-state index in [1.165, 1.54) is 4.90 Å². The molecule has 0 aliphatic heterocycles. The van der Waals surface area contributed by atoms with Crippen LogP contribution in [-0.2, 0) is 0 Å². The van der Waals surface area contributed by atoms with Crippen molar-refractivity contribution in [3.05, 3.63) is 66.2 Å². The van der Waals surface area contributed by atoms with E-state index in [-0.39, 0.29) is 36.5 Å². The molecule has 2 aromatic rings. The van der Waals surface area contributed by atoms with Gasteiger partial charge in [0.2, 0.25) is 0 Å². The van der Waals surface area contributed by atoms with Crippen molar-refractivity contribution in [1.29, 1.82) is 0 Å². The average Bonchev–Trinajstić information content (AvgIpc) is 2.67. The third-order valence-electron chi connectivity index (χ3n) is 3.71. The van der Waals surface area contributed by atoms with Gasteiger partial charge in [0, 0.05) is 29.7 Å². The topological polar surface area (TPSA) is 56.7 Å². The van der Waals surface area contributed by atoms with Gasteiger partial charge in [0.15, 0.2) is 5.96 Å². The molecular weight excluding hydrogens is 457 g/mol. The van der Waals surface area contributed by atoms with E-state index in [1.807, 2.05) is 48.2 Å². The summed E-state index contributed by atoms with van der Waals surface area (Å²) in [7, 11) is 0. The molecule has 0 bridgehead atoms. The second-order valence-electron chi connectivity index (χ2n) is 5.60. The Balaban J connectivity index is 0.00000338. The first-order valence-corrected chi connectivity index (χ1v) is 9.68. The number of rotatable bonds is 9. The minimum absolute atomic E-state index is 0. The van der Waals surface area contributed by atoms with E-state index in [9.17, 15) is 5.11 Å². The number of nitrogens with zero attached hydrogens (tertiary/aromatic N) is 1. The maximum atomic E-state index is 9.65. The Kier molecular flexibility index (Phi) is 12.2. The number of aliphatic imine (C=N–C) groups is 1. The second-order valence-corrected chi connectivity index (χ2v) is 6.77. The van der Waals surface area contributed by atoms with E-state index in [2.05, 4.69) is 46.8 Å². The largest absolute Gasteiger partial charge is 0.396 e. The van der Waals surface area contributed by atoms with Gasteiger partial charge in [-0.05, 0) is 24.6 Å². The highest BCUT2D eigenvalue weighted by Gasteiger charge is 2.09. The first kappa shape index (κ1) is 22.8. The van der Waals surface area contributed by atoms with Crippen LogP contribution in [0.2, 0.25) is 0 Å². The van der Waals surface area contributed by atoms with Crippen molar-refractivity contribution >= 4 is 41.7 Å². The lowest BCUT2D eigenvalue weighted by molar-refractivity contribution is 0.268. The van der Waals surface area contributed by atoms with Crippen LogP contribution in [0.4, 0.5) is 0 Å². The fourth-order valence-electron chi connectivity index (χ4n) is 2.39. The van der Waals surface area contributed by atoms with Crippen molar-refractivity contribution in [2.45, 2.75) is 17.7 Å². The summed E-state index contributed by atoms with van der Waals surface area (Å²) in [6.45, 7) is 4.35. The molecule has 0 aliphatic rings. The van der Waals surface area contributed by atoms with Crippen molar-refractivity contribution < 1.29 is 5.11 Å². The molecule has 0 aromatic heterocycles. The molecule has 0 spiro atoms. The number of thioether (sulfide) groups is 1. The number of benzene rings is 2. The number of hydrogen-bond donors (Lipinski definition) is 3. The number of halogens is 1. The average molecular weight is 485 g/mol. The van der Waals surface area contributed by atoms with Gasteiger partial charge >= 0.3 is 0 Å². The van der Waals surface area contributed by atoms with Crippen LogP contribution in [0.15, 0.2) is 70.6 Å². The van der Waals surface area contributed by atoms with E-state index in [0.717, 1.165) is 30.4 Å². The molecule has 3 N–H and O–H groups in total.